The molecule has 0 fully saturated rings. The SMILES string of the molecule is Cc1cc2c(cc1Oc1cc(C3=N[C@](C)(C(C)C)[C@@](C)(c4ccccc4)O3)cc(C(C)C)c1)-n1c3ncccc3c3cc(C(C)(C)C)cc(c31)C2(C)C. The molecule has 0 amide bonds. The Hall–Kier alpha value is -4.90. The van der Waals surface area contributed by atoms with Crippen LogP contribution in [0.5, 0.6) is 11.5 Å². The van der Waals surface area contributed by atoms with Crippen LogP contribution in [0.1, 0.15) is 121 Å². The van der Waals surface area contributed by atoms with Crippen molar-refractivity contribution in [1.82, 2.24) is 9.55 Å². The van der Waals surface area contributed by atoms with Gasteiger partial charge in [0.05, 0.1) is 11.2 Å². The first kappa shape index (κ1) is 35.1. The maximum absolute atomic E-state index is 6.97. The third kappa shape index (κ3) is 5.25. The summed E-state index contributed by atoms with van der Waals surface area (Å²) in [5.41, 5.74) is 10.2. The number of aryl methyl sites for hydroxylation is 1. The van der Waals surface area contributed by atoms with Gasteiger partial charge in [0.25, 0.3) is 0 Å². The minimum atomic E-state index is -0.628. The lowest BCUT2D eigenvalue weighted by molar-refractivity contribution is 0.00857. The predicted molar refractivity (Wildman–Crippen MR) is 219 cm³/mol. The average molecular weight is 704 g/mol. The van der Waals surface area contributed by atoms with Crippen molar-refractivity contribution >= 4 is 27.8 Å². The van der Waals surface area contributed by atoms with Gasteiger partial charge in [-0.15, -0.1) is 0 Å². The van der Waals surface area contributed by atoms with Gasteiger partial charge < -0.3 is 9.47 Å². The summed E-state index contributed by atoms with van der Waals surface area (Å²) in [6.07, 6.45) is 1.90. The Morgan fingerprint density at radius 1 is 0.792 bits per heavy atom. The number of benzene rings is 4. The molecule has 2 aliphatic rings. The number of ether oxygens (including phenoxy) is 2. The molecule has 0 unspecified atom stereocenters. The zero-order valence-electron chi connectivity index (χ0n) is 33.5. The van der Waals surface area contributed by atoms with E-state index >= 15 is 0 Å². The Bertz CT molecular complexity index is 2460. The summed E-state index contributed by atoms with van der Waals surface area (Å²) >= 11 is 0. The highest BCUT2D eigenvalue weighted by molar-refractivity contribution is 6.10. The smallest absolute Gasteiger partial charge is 0.217 e. The van der Waals surface area contributed by atoms with Crippen molar-refractivity contribution in [1.29, 1.82) is 0 Å². The Morgan fingerprint density at radius 2 is 1.53 bits per heavy atom. The number of fused-ring (bicyclic) bond motifs is 5. The molecule has 8 rings (SSSR count). The van der Waals surface area contributed by atoms with Crippen molar-refractivity contribution in [2.45, 2.75) is 111 Å². The first-order valence-corrected chi connectivity index (χ1v) is 19.2. The van der Waals surface area contributed by atoms with Gasteiger partial charge in [-0.2, -0.15) is 0 Å². The highest BCUT2D eigenvalue weighted by Gasteiger charge is 2.55. The molecule has 272 valence electrons. The monoisotopic (exact) mass is 703 g/mol. The van der Waals surface area contributed by atoms with Gasteiger partial charge in [-0.05, 0) is 114 Å². The lowest BCUT2D eigenvalue weighted by Crippen LogP contribution is -2.47. The summed E-state index contributed by atoms with van der Waals surface area (Å²) in [5, 5.41) is 2.42. The fourth-order valence-corrected chi connectivity index (χ4v) is 8.55. The molecule has 0 saturated carbocycles. The molecule has 0 saturated heterocycles. The van der Waals surface area contributed by atoms with Crippen molar-refractivity contribution in [3.8, 4) is 17.2 Å². The van der Waals surface area contributed by atoms with E-state index in [1.54, 1.807) is 0 Å². The zero-order chi connectivity index (χ0) is 37.8. The summed E-state index contributed by atoms with van der Waals surface area (Å²) in [6, 6.07) is 30.6. The third-order valence-corrected chi connectivity index (χ3v) is 12.5. The van der Waals surface area contributed by atoms with E-state index in [1.807, 2.05) is 12.3 Å². The fourth-order valence-electron chi connectivity index (χ4n) is 8.55. The molecule has 0 radical (unpaired) electrons. The normalized spacial score (nSPS) is 20.6. The quantitative estimate of drug-likeness (QED) is 0.173. The van der Waals surface area contributed by atoms with Gasteiger partial charge in [-0.1, -0.05) is 98.7 Å². The van der Waals surface area contributed by atoms with Gasteiger partial charge in [0.15, 0.2) is 5.60 Å². The van der Waals surface area contributed by atoms with Crippen molar-refractivity contribution in [2.24, 2.45) is 10.9 Å². The summed E-state index contributed by atoms with van der Waals surface area (Å²) in [5.74, 6) is 2.77. The number of pyridine rings is 1. The first-order valence-electron chi connectivity index (χ1n) is 19.2. The number of aliphatic imine (C=N–C) groups is 1. The Kier molecular flexibility index (Phi) is 7.83. The van der Waals surface area contributed by atoms with Crippen molar-refractivity contribution in [2.75, 3.05) is 0 Å². The van der Waals surface area contributed by atoms with Gasteiger partial charge in [0.1, 0.15) is 22.7 Å². The van der Waals surface area contributed by atoms with E-state index in [1.165, 1.54) is 38.5 Å². The molecule has 0 aliphatic carbocycles. The van der Waals surface area contributed by atoms with Crippen molar-refractivity contribution in [3.63, 3.8) is 0 Å². The van der Waals surface area contributed by atoms with Crippen LogP contribution in [0.15, 0.2) is 96.1 Å². The van der Waals surface area contributed by atoms with Crippen LogP contribution in [0.4, 0.5) is 0 Å². The van der Waals surface area contributed by atoms with Crippen LogP contribution in [0.2, 0.25) is 0 Å². The molecule has 2 atom stereocenters. The lowest BCUT2D eigenvalue weighted by atomic mass is 9.72. The fraction of sp³-hybridized carbons (Fsp3) is 0.375. The van der Waals surface area contributed by atoms with Crippen LogP contribution in [-0.2, 0) is 21.2 Å². The number of nitrogens with zero attached hydrogens (tertiary/aromatic N) is 3. The van der Waals surface area contributed by atoms with Crippen LogP contribution in [0, 0.1) is 12.8 Å². The summed E-state index contributed by atoms with van der Waals surface area (Å²) in [4.78, 5) is 10.4. The second-order valence-corrected chi connectivity index (χ2v) is 17.9. The number of hydrogen-bond donors (Lipinski definition) is 0. The van der Waals surface area contributed by atoms with Crippen molar-refractivity contribution in [3.05, 3.63) is 130 Å². The molecular formula is C48H53N3O2. The molecule has 6 aromatic rings. The van der Waals surface area contributed by atoms with Gasteiger partial charge in [0.2, 0.25) is 5.90 Å². The topological polar surface area (TPSA) is 48.6 Å². The molecule has 0 bridgehead atoms. The number of hydrogen-bond acceptors (Lipinski definition) is 4. The third-order valence-electron chi connectivity index (χ3n) is 12.5. The van der Waals surface area contributed by atoms with E-state index in [0.29, 0.717) is 5.90 Å². The van der Waals surface area contributed by atoms with Crippen LogP contribution in [-0.4, -0.2) is 21.0 Å². The molecule has 5 nitrogen and oxygen atoms in total. The Morgan fingerprint density at radius 3 is 2.21 bits per heavy atom. The molecule has 0 N–H and O–H groups in total. The van der Waals surface area contributed by atoms with E-state index in [4.69, 9.17) is 19.5 Å². The largest absolute Gasteiger partial charge is 0.464 e. The van der Waals surface area contributed by atoms with Gasteiger partial charge >= 0.3 is 0 Å². The second-order valence-electron chi connectivity index (χ2n) is 17.9. The molecule has 4 heterocycles. The van der Waals surface area contributed by atoms with Crippen molar-refractivity contribution < 1.29 is 9.47 Å². The summed E-state index contributed by atoms with van der Waals surface area (Å²) in [6.45, 7) is 27.1. The second kappa shape index (κ2) is 11.8. The highest BCUT2D eigenvalue weighted by Crippen LogP contribution is 2.51. The number of aromatic nitrogens is 2. The maximum Gasteiger partial charge on any atom is 0.217 e. The summed E-state index contributed by atoms with van der Waals surface area (Å²) in [7, 11) is 0. The molecule has 53 heavy (non-hydrogen) atoms. The van der Waals surface area contributed by atoms with E-state index in [0.717, 1.165) is 39.5 Å². The Labute approximate surface area is 315 Å². The van der Waals surface area contributed by atoms with E-state index in [9.17, 15) is 0 Å². The highest BCUT2D eigenvalue weighted by atomic mass is 16.5. The predicted octanol–water partition coefficient (Wildman–Crippen LogP) is 12.4. The average Bonchev–Trinajstić information content (AvgIpc) is 3.60. The minimum absolute atomic E-state index is 0.0113. The Balaban J connectivity index is 1.27. The van der Waals surface area contributed by atoms with Crippen LogP contribution < -0.4 is 4.74 Å². The van der Waals surface area contributed by atoms with E-state index in [2.05, 4.69) is 167 Å². The van der Waals surface area contributed by atoms with Crippen LogP contribution in [0.25, 0.3) is 27.6 Å². The first-order chi connectivity index (χ1) is 24.9. The lowest BCUT2D eigenvalue weighted by Gasteiger charge is -2.40. The molecule has 0 spiro atoms. The maximum atomic E-state index is 6.97. The molecule has 2 aromatic heterocycles. The van der Waals surface area contributed by atoms with E-state index in [-0.39, 0.29) is 22.7 Å². The van der Waals surface area contributed by atoms with E-state index < -0.39 is 11.1 Å². The molecule has 2 aliphatic heterocycles. The molecule has 5 heteroatoms. The number of rotatable bonds is 6. The van der Waals surface area contributed by atoms with Gasteiger partial charge in [-0.25, -0.2) is 9.98 Å². The minimum Gasteiger partial charge on any atom is -0.464 e. The van der Waals surface area contributed by atoms with Crippen LogP contribution >= 0.6 is 0 Å². The van der Waals surface area contributed by atoms with Gasteiger partial charge in [0, 0.05) is 34.0 Å². The zero-order valence-corrected chi connectivity index (χ0v) is 33.5. The summed E-state index contributed by atoms with van der Waals surface area (Å²) < 4.78 is 16.3. The molecule has 4 aromatic carbocycles. The van der Waals surface area contributed by atoms with Crippen LogP contribution in [0.3, 0.4) is 0 Å². The standard InChI is InChI=1S/C48H53N3O2/c1-28(2)31-22-32(44-50-47(11,29(3)4)48(12,53-44)33-17-14-13-15-18-33)24-35(23-31)52-41-27-40-38(21-30(41)5)46(9,10)39-26-34(45(6,7)8)25-37-36-19-16-20-49-43(36)51(40)42(37)39/h13-29H,1-12H3/t47-,48-/m1/s1. The van der Waals surface area contributed by atoms with Gasteiger partial charge in [-0.3, -0.25) is 4.57 Å². The molecular weight excluding hydrogens is 651 g/mol.